The number of aromatic nitrogens is 2. The van der Waals surface area contributed by atoms with E-state index in [0.29, 0.717) is 19.7 Å². The molecule has 0 spiro atoms. The van der Waals surface area contributed by atoms with E-state index in [9.17, 15) is 4.79 Å². The third kappa shape index (κ3) is 2.67. The first-order valence-corrected chi connectivity index (χ1v) is 6.03. The fourth-order valence-corrected chi connectivity index (χ4v) is 2.24. The lowest BCUT2D eigenvalue weighted by Gasteiger charge is -2.25. The van der Waals surface area contributed by atoms with E-state index in [1.165, 1.54) is 11.3 Å². The van der Waals surface area contributed by atoms with Crippen LogP contribution in [-0.2, 0) is 16.1 Å². The van der Waals surface area contributed by atoms with Crippen LogP contribution in [0.2, 0.25) is 0 Å². The van der Waals surface area contributed by atoms with Crippen molar-refractivity contribution in [2.75, 3.05) is 31.6 Å². The number of nitrogens with zero attached hydrogens (tertiary/aromatic N) is 3. The number of ether oxygens (including phenoxy) is 1. The second-order valence-corrected chi connectivity index (χ2v) is 4.46. The van der Waals surface area contributed by atoms with Crippen LogP contribution in [-0.4, -0.2) is 47.3 Å². The molecule has 0 aromatic carbocycles. The number of anilines is 1. The van der Waals surface area contributed by atoms with E-state index in [1.54, 1.807) is 4.90 Å². The zero-order chi connectivity index (χ0) is 11.4. The highest BCUT2D eigenvalue weighted by Gasteiger charge is 2.20. The summed E-state index contributed by atoms with van der Waals surface area (Å²) < 4.78 is 5.06. The van der Waals surface area contributed by atoms with Gasteiger partial charge in [0.15, 0.2) is 0 Å². The van der Waals surface area contributed by atoms with Crippen molar-refractivity contribution in [2.45, 2.75) is 13.5 Å². The molecule has 0 radical (unpaired) electrons. The van der Waals surface area contributed by atoms with Gasteiger partial charge in [0.2, 0.25) is 11.0 Å². The average molecular weight is 242 g/mol. The van der Waals surface area contributed by atoms with Crippen LogP contribution in [0.25, 0.3) is 0 Å². The van der Waals surface area contributed by atoms with Gasteiger partial charge in [-0.3, -0.25) is 4.79 Å². The van der Waals surface area contributed by atoms with Crippen molar-refractivity contribution in [3.05, 3.63) is 5.01 Å². The number of hydrogen-bond donors (Lipinski definition) is 1. The molecule has 1 aliphatic rings. The van der Waals surface area contributed by atoms with Crippen molar-refractivity contribution in [3.8, 4) is 0 Å². The summed E-state index contributed by atoms with van der Waals surface area (Å²) in [6.07, 6.45) is 0. The molecule has 7 heteroatoms. The molecule has 6 nitrogen and oxygen atoms in total. The molecule has 0 atom stereocenters. The summed E-state index contributed by atoms with van der Waals surface area (Å²) in [6, 6.07) is 0. The van der Waals surface area contributed by atoms with Crippen molar-refractivity contribution >= 4 is 22.4 Å². The first-order chi connectivity index (χ1) is 7.79. The molecule has 1 aliphatic heterocycles. The standard InChI is InChI=1S/C9H14N4O2S/c1-2-10-9-12-11-7(16-9)5-13-3-4-15-6-8(13)14/h2-6H2,1H3,(H,10,12). The Hall–Kier alpha value is -1.21. The van der Waals surface area contributed by atoms with Gasteiger partial charge in [-0.1, -0.05) is 11.3 Å². The van der Waals surface area contributed by atoms with E-state index < -0.39 is 0 Å². The summed E-state index contributed by atoms with van der Waals surface area (Å²) in [5, 5.41) is 12.8. The maximum atomic E-state index is 11.5. The molecule has 1 aromatic heterocycles. The largest absolute Gasteiger partial charge is 0.370 e. The van der Waals surface area contributed by atoms with Crippen LogP contribution in [0.3, 0.4) is 0 Å². The maximum absolute atomic E-state index is 11.5. The third-order valence-corrected chi connectivity index (χ3v) is 3.07. The molecule has 2 heterocycles. The van der Waals surface area contributed by atoms with E-state index in [0.717, 1.165) is 16.7 Å². The molecule has 1 aromatic rings. The molecule has 0 unspecified atom stereocenters. The smallest absolute Gasteiger partial charge is 0.249 e. The lowest BCUT2D eigenvalue weighted by atomic mass is 10.4. The Balaban J connectivity index is 1.94. The van der Waals surface area contributed by atoms with Gasteiger partial charge in [-0.15, -0.1) is 10.2 Å². The molecule has 1 fully saturated rings. The molecule has 0 aliphatic carbocycles. The highest BCUT2D eigenvalue weighted by atomic mass is 32.1. The highest BCUT2D eigenvalue weighted by Crippen LogP contribution is 2.17. The topological polar surface area (TPSA) is 67.3 Å². The number of carbonyl (C=O) groups excluding carboxylic acids is 1. The summed E-state index contributed by atoms with van der Waals surface area (Å²) in [4.78, 5) is 13.2. The monoisotopic (exact) mass is 242 g/mol. The van der Waals surface area contributed by atoms with Crippen molar-refractivity contribution in [1.29, 1.82) is 0 Å². The van der Waals surface area contributed by atoms with Crippen molar-refractivity contribution in [1.82, 2.24) is 15.1 Å². The van der Waals surface area contributed by atoms with E-state index in [4.69, 9.17) is 4.74 Å². The fourth-order valence-electron chi connectivity index (χ4n) is 1.42. The first-order valence-electron chi connectivity index (χ1n) is 5.21. The molecule has 88 valence electrons. The average Bonchev–Trinajstić information content (AvgIpc) is 2.70. The highest BCUT2D eigenvalue weighted by molar-refractivity contribution is 7.15. The first kappa shape index (κ1) is 11.3. The molecule has 16 heavy (non-hydrogen) atoms. The second-order valence-electron chi connectivity index (χ2n) is 3.40. The Morgan fingerprint density at radius 2 is 2.44 bits per heavy atom. The quantitative estimate of drug-likeness (QED) is 0.824. The Labute approximate surface area is 97.6 Å². The summed E-state index contributed by atoms with van der Waals surface area (Å²) in [5.74, 6) is 0.0199. The Kier molecular flexibility index (Phi) is 3.68. The molecule has 2 rings (SSSR count). The van der Waals surface area contributed by atoms with Crippen LogP contribution in [0.5, 0.6) is 0 Å². The minimum atomic E-state index is 0.0199. The number of hydrogen-bond acceptors (Lipinski definition) is 6. The summed E-state index contributed by atoms with van der Waals surface area (Å²) in [6.45, 7) is 4.78. The third-order valence-electron chi connectivity index (χ3n) is 2.20. The normalized spacial score (nSPS) is 16.6. The predicted octanol–water partition coefficient (Wildman–Crippen LogP) is 0.329. The molecule has 0 saturated carbocycles. The minimum Gasteiger partial charge on any atom is -0.370 e. The van der Waals surface area contributed by atoms with Crippen LogP contribution < -0.4 is 5.32 Å². The number of nitrogens with one attached hydrogen (secondary N) is 1. The van der Waals surface area contributed by atoms with Gasteiger partial charge in [0.25, 0.3) is 0 Å². The molecular formula is C9H14N4O2S. The SMILES string of the molecule is CCNc1nnc(CN2CCOCC2=O)s1. The van der Waals surface area contributed by atoms with Gasteiger partial charge in [0, 0.05) is 13.1 Å². The second kappa shape index (κ2) is 5.22. The molecule has 1 N–H and O–H groups in total. The molecule has 1 saturated heterocycles. The molecule has 0 bridgehead atoms. The van der Waals surface area contributed by atoms with Gasteiger partial charge >= 0.3 is 0 Å². The van der Waals surface area contributed by atoms with Crippen molar-refractivity contribution in [3.63, 3.8) is 0 Å². The van der Waals surface area contributed by atoms with Gasteiger partial charge in [-0.25, -0.2) is 0 Å². The van der Waals surface area contributed by atoms with E-state index in [-0.39, 0.29) is 12.5 Å². The number of carbonyl (C=O) groups is 1. The number of amides is 1. The lowest BCUT2D eigenvalue weighted by Crippen LogP contribution is -2.40. The van der Waals surface area contributed by atoms with Gasteiger partial charge in [-0.2, -0.15) is 0 Å². The van der Waals surface area contributed by atoms with Crippen molar-refractivity contribution in [2.24, 2.45) is 0 Å². The van der Waals surface area contributed by atoms with Crippen molar-refractivity contribution < 1.29 is 9.53 Å². The van der Waals surface area contributed by atoms with E-state index in [2.05, 4.69) is 15.5 Å². The van der Waals surface area contributed by atoms with Crippen LogP contribution in [0, 0.1) is 0 Å². The molecular weight excluding hydrogens is 228 g/mol. The summed E-state index contributed by atoms with van der Waals surface area (Å²) in [7, 11) is 0. The van der Waals surface area contributed by atoms with E-state index >= 15 is 0 Å². The predicted molar refractivity (Wildman–Crippen MR) is 60.3 cm³/mol. The zero-order valence-corrected chi connectivity index (χ0v) is 9.92. The zero-order valence-electron chi connectivity index (χ0n) is 9.10. The number of rotatable bonds is 4. The van der Waals surface area contributed by atoms with Gasteiger partial charge in [-0.05, 0) is 6.92 Å². The molecule has 1 amide bonds. The Bertz CT molecular complexity index is 368. The van der Waals surface area contributed by atoms with Crippen LogP contribution in [0.15, 0.2) is 0 Å². The fraction of sp³-hybridized carbons (Fsp3) is 0.667. The van der Waals surface area contributed by atoms with Crippen LogP contribution in [0.1, 0.15) is 11.9 Å². The Morgan fingerprint density at radius 1 is 1.56 bits per heavy atom. The summed E-state index contributed by atoms with van der Waals surface area (Å²) in [5.41, 5.74) is 0. The minimum absolute atomic E-state index is 0.0199. The van der Waals surface area contributed by atoms with Gasteiger partial charge in [0.1, 0.15) is 11.6 Å². The van der Waals surface area contributed by atoms with Gasteiger partial charge in [0.05, 0.1) is 13.2 Å². The lowest BCUT2D eigenvalue weighted by molar-refractivity contribution is -0.143. The van der Waals surface area contributed by atoms with E-state index in [1.807, 2.05) is 6.92 Å². The maximum Gasteiger partial charge on any atom is 0.249 e. The number of morpholine rings is 1. The van der Waals surface area contributed by atoms with Crippen LogP contribution >= 0.6 is 11.3 Å². The Morgan fingerprint density at radius 3 is 3.19 bits per heavy atom. The van der Waals surface area contributed by atoms with Crippen LogP contribution in [0.4, 0.5) is 5.13 Å². The summed E-state index contributed by atoms with van der Waals surface area (Å²) >= 11 is 1.49. The van der Waals surface area contributed by atoms with Gasteiger partial charge < -0.3 is 15.0 Å².